The van der Waals surface area contributed by atoms with Crippen LogP contribution in [0.5, 0.6) is 11.5 Å². The minimum atomic E-state index is -3.54. The standard InChI is InChI=1S/C24H21ClN2O3S/c1-16-15-26-24-21(11-6-12-22(24)25)23(16)17-7-4-8-18(13-17)30-19-9-5-10-20(14-19)31(28,29)27(2)3/h4-15H,1-3H3. The smallest absolute Gasteiger partial charge is 0.242 e. The minimum Gasteiger partial charge on any atom is -0.457 e. The van der Waals surface area contributed by atoms with Gasteiger partial charge in [-0.25, -0.2) is 12.7 Å². The highest BCUT2D eigenvalue weighted by atomic mass is 35.5. The largest absolute Gasteiger partial charge is 0.457 e. The van der Waals surface area contributed by atoms with Crippen LogP contribution in [0.25, 0.3) is 22.0 Å². The van der Waals surface area contributed by atoms with E-state index < -0.39 is 10.0 Å². The van der Waals surface area contributed by atoms with Gasteiger partial charge in [0.1, 0.15) is 11.5 Å². The molecule has 4 aromatic rings. The Morgan fingerprint density at radius 2 is 1.61 bits per heavy atom. The topological polar surface area (TPSA) is 59.5 Å². The fourth-order valence-corrected chi connectivity index (χ4v) is 4.59. The summed E-state index contributed by atoms with van der Waals surface area (Å²) < 4.78 is 32.0. The first-order valence-electron chi connectivity index (χ1n) is 9.62. The first kappa shape index (κ1) is 21.3. The van der Waals surface area contributed by atoms with Crippen LogP contribution >= 0.6 is 11.6 Å². The average Bonchev–Trinajstić information content (AvgIpc) is 2.74. The fourth-order valence-electron chi connectivity index (χ4n) is 3.43. The number of pyridine rings is 1. The van der Waals surface area contributed by atoms with Crippen molar-refractivity contribution in [3.8, 4) is 22.6 Å². The van der Waals surface area contributed by atoms with Gasteiger partial charge in [-0.05, 0) is 53.9 Å². The molecule has 7 heteroatoms. The maximum absolute atomic E-state index is 12.4. The van der Waals surface area contributed by atoms with Crippen LogP contribution in [0.15, 0.2) is 77.8 Å². The molecule has 0 saturated heterocycles. The highest BCUT2D eigenvalue weighted by Crippen LogP contribution is 2.36. The molecule has 0 spiro atoms. The monoisotopic (exact) mass is 452 g/mol. The van der Waals surface area contributed by atoms with Crippen LogP contribution in [0.4, 0.5) is 0 Å². The van der Waals surface area contributed by atoms with Gasteiger partial charge < -0.3 is 4.74 Å². The van der Waals surface area contributed by atoms with Crippen LogP contribution in [0.2, 0.25) is 5.02 Å². The lowest BCUT2D eigenvalue weighted by molar-refractivity contribution is 0.479. The molecule has 0 unspecified atom stereocenters. The maximum Gasteiger partial charge on any atom is 0.242 e. The summed E-state index contributed by atoms with van der Waals surface area (Å²) in [5, 5.41) is 1.56. The van der Waals surface area contributed by atoms with Crippen molar-refractivity contribution in [1.82, 2.24) is 9.29 Å². The van der Waals surface area contributed by atoms with E-state index in [4.69, 9.17) is 16.3 Å². The molecular formula is C24H21ClN2O3S. The third-order valence-corrected chi connectivity index (χ3v) is 7.10. The van der Waals surface area contributed by atoms with Gasteiger partial charge in [0.05, 0.1) is 15.4 Å². The van der Waals surface area contributed by atoms with Crippen molar-refractivity contribution < 1.29 is 13.2 Å². The summed E-state index contributed by atoms with van der Waals surface area (Å²) >= 11 is 6.34. The minimum absolute atomic E-state index is 0.178. The number of para-hydroxylation sites is 1. The van der Waals surface area contributed by atoms with Gasteiger partial charge in [0, 0.05) is 31.7 Å². The Balaban J connectivity index is 1.74. The molecule has 0 amide bonds. The second kappa shape index (κ2) is 8.30. The molecule has 1 heterocycles. The molecule has 1 aromatic heterocycles. The normalized spacial score (nSPS) is 11.8. The number of rotatable bonds is 5. The van der Waals surface area contributed by atoms with E-state index in [1.165, 1.54) is 24.5 Å². The molecule has 0 aliphatic carbocycles. The predicted octanol–water partition coefficient (Wildman–Crippen LogP) is 5.91. The average molecular weight is 453 g/mol. The molecule has 5 nitrogen and oxygen atoms in total. The van der Waals surface area contributed by atoms with E-state index in [0.29, 0.717) is 16.5 Å². The Bertz CT molecular complexity index is 1380. The lowest BCUT2D eigenvalue weighted by Crippen LogP contribution is -2.22. The number of hydrogen-bond donors (Lipinski definition) is 0. The summed E-state index contributed by atoms with van der Waals surface area (Å²) in [6, 6.07) is 19.9. The van der Waals surface area contributed by atoms with E-state index in [0.717, 1.165) is 27.6 Å². The third kappa shape index (κ3) is 4.14. The lowest BCUT2D eigenvalue weighted by Gasteiger charge is -2.14. The summed E-state index contributed by atoms with van der Waals surface area (Å²) in [4.78, 5) is 4.66. The number of nitrogens with zero attached hydrogens (tertiary/aromatic N) is 2. The molecular weight excluding hydrogens is 432 g/mol. The number of ether oxygens (including phenoxy) is 1. The van der Waals surface area contributed by atoms with Crippen molar-refractivity contribution in [3.63, 3.8) is 0 Å². The number of aromatic nitrogens is 1. The van der Waals surface area contributed by atoms with Crippen LogP contribution in [0, 0.1) is 6.92 Å². The van der Waals surface area contributed by atoms with Gasteiger partial charge in [0.2, 0.25) is 10.0 Å². The first-order chi connectivity index (χ1) is 14.8. The van der Waals surface area contributed by atoms with Crippen LogP contribution in [0.3, 0.4) is 0 Å². The van der Waals surface area contributed by atoms with E-state index >= 15 is 0 Å². The van der Waals surface area contributed by atoms with Gasteiger partial charge in [-0.1, -0.05) is 41.9 Å². The number of sulfonamides is 1. The Hall–Kier alpha value is -2.93. The van der Waals surface area contributed by atoms with Gasteiger partial charge in [-0.3, -0.25) is 4.98 Å². The molecule has 0 atom stereocenters. The zero-order chi connectivity index (χ0) is 22.2. The Morgan fingerprint density at radius 1 is 0.935 bits per heavy atom. The first-order valence-corrected chi connectivity index (χ1v) is 11.4. The molecule has 3 aromatic carbocycles. The lowest BCUT2D eigenvalue weighted by atomic mass is 9.97. The maximum atomic E-state index is 12.4. The highest BCUT2D eigenvalue weighted by molar-refractivity contribution is 7.89. The second-order valence-corrected chi connectivity index (χ2v) is 9.90. The van der Waals surface area contributed by atoms with E-state index in [1.54, 1.807) is 18.2 Å². The van der Waals surface area contributed by atoms with Crippen LogP contribution in [-0.2, 0) is 10.0 Å². The molecule has 0 fully saturated rings. The Morgan fingerprint density at radius 3 is 2.35 bits per heavy atom. The van der Waals surface area contributed by atoms with Gasteiger partial charge in [0.25, 0.3) is 0 Å². The SMILES string of the molecule is Cc1cnc2c(Cl)cccc2c1-c1cccc(Oc2cccc(S(=O)(=O)N(C)C)c2)c1. The van der Waals surface area contributed by atoms with E-state index in [2.05, 4.69) is 4.98 Å². The summed E-state index contributed by atoms with van der Waals surface area (Å²) in [7, 11) is -0.543. The van der Waals surface area contributed by atoms with Gasteiger partial charge in [-0.15, -0.1) is 0 Å². The molecule has 0 N–H and O–H groups in total. The van der Waals surface area contributed by atoms with Crippen molar-refractivity contribution in [2.45, 2.75) is 11.8 Å². The number of fused-ring (bicyclic) bond motifs is 1. The molecule has 31 heavy (non-hydrogen) atoms. The van der Waals surface area contributed by atoms with Crippen LogP contribution in [0.1, 0.15) is 5.56 Å². The highest BCUT2D eigenvalue weighted by Gasteiger charge is 2.18. The fraction of sp³-hybridized carbons (Fsp3) is 0.125. The van der Waals surface area contributed by atoms with E-state index in [-0.39, 0.29) is 4.90 Å². The predicted molar refractivity (Wildman–Crippen MR) is 124 cm³/mol. The Kier molecular flexibility index (Phi) is 5.71. The summed E-state index contributed by atoms with van der Waals surface area (Å²) in [5.74, 6) is 1.04. The Labute approximate surface area is 186 Å². The summed E-state index contributed by atoms with van der Waals surface area (Å²) in [5.41, 5.74) is 3.76. The third-order valence-electron chi connectivity index (χ3n) is 4.98. The van der Waals surface area contributed by atoms with Gasteiger partial charge in [-0.2, -0.15) is 0 Å². The molecule has 0 aliphatic heterocycles. The number of aryl methyl sites for hydroxylation is 1. The van der Waals surface area contributed by atoms with E-state index in [9.17, 15) is 8.42 Å². The number of halogens is 1. The van der Waals surface area contributed by atoms with E-state index in [1.807, 2.05) is 55.6 Å². The summed E-state index contributed by atoms with van der Waals surface area (Å²) in [6.07, 6.45) is 1.81. The van der Waals surface area contributed by atoms with Crippen LogP contribution in [-0.4, -0.2) is 31.8 Å². The summed E-state index contributed by atoms with van der Waals surface area (Å²) in [6.45, 7) is 2.01. The zero-order valence-electron chi connectivity index (χ0n) is 17.3. The van der Waals surface area contributed by atoms with Crippen molar-refractivity contribution in [2.75, 3.05) is 14.1 Å². The van der Waals surface area contributed by atoms with Gasteiger partial charge >= 0.3 is 0 Å². The number of hydrogen-bond acceptors (Lipinski definition) is 4. The van der Waals surface area contributed by atoms with Crippen molar-refractivity contribution in [3.05, 3.63) is 83.5 Å². The molecule has 0 saturated carbocycles. The van der Waals surface area contributed by atoms with Gasteiger partial charge in [0.15, 0.2) is 0 Å². The van der Waals surface area contributed by atoms with Crippen molar-refractivity contribution in [1.29, 1.82) is 0 Å². The molecule has 4 rings (SSSR count). The molecule has 0 radical (unpaired) electrons. The molecule has 0 bridgehead atoms. The number of benzene rings is 3. The second-order valence-electron chi connectivity index (χ2n) is 7.34. The quantitative estimate of drug-likeness (QED) is 0.378. The van der Waals surface area contributed by atoms with Crippen LogP contribution < -0.4 is 4.74 Å². The molecule has 158 valence electrons. The zero-order valence-corrected chi connectivity index (χ0v) is 18.9. The van der Waals surface area contributed by atoms with Crippen molar-refractivity contribution >= 4 is 32.5 Å². The molecule has 0 aliphatic rings. The van der Waals surface area contributed by atoms with Crippen molar-refractivity contribution in [2.24, 2.45) is 0 Å².